The van der Waals surface area contributed by atoms with Crippen molar-refractivity contribution in [3.63, 3.8) is 0 Å². The van der Waals surface area contributed by atoms with Gasteiger partial charge in [0.15, 0.2) is 14.9 Å². The lowest BCUT2D eigenvalue weighted by molar-refractivity contribution is 0.00306. The first-order valence-corrected chi connectivity index (χ1v) is 19.0. The van der Waals surface area contributed by atoms with Gasteiger partial charge in [-0.2, -0.15) is 4.31 Å². The van der Waals surface area contributed by atoms with Crippen LogP contribution in [0.1, 0.15) is 55.9 Å². The van der Waals surface area contributed by atoms with Crippen LogP contribution in [0.5, 0.6) is 0 Å². The van der Waals surface area contributed by atoms with Gasteiger partial charge in [-0.1, -0.05) is 18.2 Å². The van der Waals surface area contributed by atoms with Gasteiger partial charge < -0.3 is 14.6 Å². The lowest BCUT2D eigenvalue weighted by Crippen LogP contribution is -2.55. The van der Waals surface area contributed by atoms with E-state index in [4.69, 9.17) is 4.74 Å². The maximum absolute atomic E-state index is 13.4. The van der Waals surface area contributed by atoms with E-state index < -0.39 is 24.9 Å². The SMILES string of the molecule is COC(CN1CCN(S(=O)(=O)CS(C)(=O)=O)CC1)CN1[C@@H]2CC[C@H]1CC(NC(=O)c1cc3ccccc3n(C(C)C)c1=O)C2. The summed E-state index contributed by atoms with van der Waals surface area (Å²) in [6.07, 6.45) is 4.56. The highest BCUT2D eigenvalue weighted by molar-refractivity contribution is 8.06. The smallest absolute Gasteiger partial charge is 0.264 e. The van der Waals surface area contributed by atoms with Crippen LogP contribution in [0.2, 0.25) is 0 Å². The third kappa shape index (κ3) is 7.37. The fourth-order valence-corrected chi connectivity index (χ4v) is 10.7. The summed E-state index contributed by atoms with van der Waals surface area (Å²) in [5.74, 6) is -0.319. The molecule has 2 unspecified atom stereocenters. The fourth-order valence-electron chi connectivity index (χ4n) is 7.18. The fraction of sp³-hybridized carbons (Fsp3) is 0.667. The van der Waals surface area contributed by atoms with E-state index in [-0.39, 0.29) is 48.3 Å². The zero-order valence-electron chi connectivity index (χ0n) is 26.0. The first-order valence-electron chi connectivity index (χ1n) is 15.4. The molecule has 0 aliphatic carbocycles. The van der Waals surface area contributed by atoms with Crippen molar-refractivity contribution < 1.29 is 26.4 Å². The number of ether oxygens (including phenoxy) is 1. The quantitative estimate of drug-likeness (QED) is 0.381. The summed E-state index contributed by atoms with van der Waals surface area (Å²) < 4.78 is 56.8. The summed E-state index contributed by atoms with van der Waals surface area (Å²) in [7, 11) is -5.79. The molecule has 3 aliphatic rings. The highest BCUT2D eigenvalue weighted by atomic mass is 32.3. The van der Waals surface area contributed by atoms with E-state index in [2.05, 4.69) is 15.1 Å². The molecule has 0 radical (unpaired) electrons. The summed E-state index contributed by atoms with van der Waals surface area (Å²) in [6.45, 7) is 6.81. The number of piperazine rings is 1. The zero-order valence-corrected chi connectivity index (χ0v) is 27.6. The Hall–Kier alpha value is -2.36. The van der Waals surface area contributed by atoms with Crippen molar-refractivity contribution in [1.29, 1.82) is 0 Å². The van der Waals surface area contributed by atoms with Gasteiger partial charge in [0, 0.05) is 76.8 Å². The normalized spacial score (nSPS) is 24.6. The molecular formula is C30H45N5O7S2. The van der Waals surface area contributed by atoms with Gasteiger partial charge >= 0.3 is 0 Å². The number of piperidine rings is 1. The third-order valence-electron chi connectivity index (χ3n) is 9.22. The Bertz CT molecular complexity index is 1620. The number of rotatable bonds is 11. The average Bonchev–Trinajstić information content (AvgIpc) is 3.17. The minimum absolute atomic E-state index is 0.0161. The zero-order chi connectivity index (χ0) is 31.8. The number of hydrogen-bond donors (Lipinski definition) is 1. The second-order valence-corrected chi connectivity index (χ2v) is 17.3. The Balaban J connectivity index is 1.17. The lowest BCUT2D eigenvalue weighted by atomic mass is 9.96. The van der Waals surface area contributed by atoms with E-state index in [0.717, 1.165) is 49.4 Å². The first-order chi connectivity index (χ1) is 20.8. The number of amides is 1. The van der Waals surface area contributed by atoms with Crippen LogP contribution < -0.4 is 10.9 Å². The van der Waals surface area contributed by atoms with E-state index >= 15 is 0 Å². The monoisotopic (exact) mass is 651 g/mol. The minimum Gasteiger partial charge on any atom is -0.379 e. The van der Waals surface area contributed by atoms with Crippen molar-refractivity contribution in [3.8, 4) is 0 Å². The number of sulfone groups is 1. The number of nitrogens with zero attached hydrogens (tertiary/aromatic N) is 4. The first kappa shape index (κ1) is 33.0. The molecular weight excluding hydrogens is 606 g/mol. The molecule has 0 spiro atoms. The summed E-state index contributed by atoms with van der Waals surface area (Å²) in [5.41, 5.74) is 0.728. The van der Waals surface area contributed by atoms with Gasteiger partial charge in [-0.15, -0.1) is 0 Å². The van der Waals surface area contributed by atoms with E-state index in [1.165, 1.54) is 4.31 Å². The molecule has 1 aromatic carbocycles. The molecule has 3 aliphatic heterocycles. The Morgan fingerprint density at radius 3 is 2.23 bits per heavy atom. The van der Waals surface area contributed by atoms with Gasteiger partial charge in [-0.25, -0.2) is 16.8 Å². The molecule has 3 fully saturated rings. The van der Waals surface area contributed by atoms with Gasteiger partial charge in [0.05, 0.1) is 11.6 Å². The Kier molecular flexibility index (Phi) is 9.88. The minimum atomic E-state index is -3.85. The van der Waals surface area contributed by atoms with Crippen LogP contribution in [0.15, 0.2) is 35.1 Å². The summed E-state index contributed by atoms with van der Waals surface area (Å²) >= 11 is 0. The van der Waals surface area contributed by atoms with E-state index in [0.29, 0.717) is 31.7 Å². The predicted octanol–water partition coefficient (Wildman–Crippen LogP) is 1.27. The van der Waals surface area contributed by atoms with Gasteiger partial charge in [-0.05, 0) is 57.0 Å². The average molecular weight is 652 g/mol. The van der Waals surface area contributed by atoms with E-state index in [1.807, 2.05) is 38.1 Å². The molecule has 4 heterocycles. The van der Waals surface area contributed by atoms with Crippen molar-refractivity contribution in [2.24, 2.45) is 0 Å². The van der Waals surface area contributed by atoms with Crippen molar-refractivity contribution in [1.82, 2.24) is 24.0 Å². The van der Waals surface area contributed by atoms with Crippen LogP contribution in [-0.2, 0) is 24.6 Å². The Morgan fingerprint density at radius 2 is 1.64 bits per heavy atom. The molecule has 5 rings (SSSR count). The van der Waals surface area contributed by atoms with Crippen molar-refractivity contribution in [3.05, 3.63) is 46.2 Å². The molecule has 2 bridgehead atoms. The highest BCUT2D eigenvalue weighted by Crippen LogP contribution is 2.36. The molecule has 1 amide bonds. The Labute approximate surface area is 260 Å². The number of benzene rings is 1. The molecule has 1 N–H and O–H groups in total. The molecule has 4 atom stereocenters. The van der Waals surface area contributed by atoms with Crippen LogP contribution in [0, 0.1) is 0 Å². The molecule has 14 heteroatoms. The molecule has 3 saturated heterocycles. The number of hydrogen-bond acceptors (Lipinski definition) is 9. The van der Waals surface area contributed by atoms with Crippen LogP contribution >= 0.6 is 0 Å². The largest absolute Gasteiger partial charge is 0.379 e. The molecule has 44 heavy (non-hydrogen) atoms. The summed E-state index contributed by atoms with van der Waals surface area (Å²) in [5, 5.41) is 3.18. The number of carbonyl (C=O) groups is 1. The van der Waals surface area contributed by atoms with Crippen molar-refractivity contribution >= 4 is 36.7 Å². The molecule has 12 nitrogen and oxygen atoms in total. The number of carbonyl (C=O) groups excluding carboxylic acids is 1. The van der Waals surface area contributed by atoms with Crippen molar-refractivity contribution in [2.75, 3.05) is 57.7 Å². The maximum atomic E-state index is 13.4. The second kappa shape index (κ2) is 13.2. The van der Waals surface area contributed by atoms with Crippen LogP contribution in [0.25, 0.3) is 10.9 Å². The van der Waals surface area contributed by atoms with Crippen LogP contribution in [0.4, 0.5) is 0 Å². The van der Waals surface area contributed by atoms with Gasteiger partial charge in [0.25, 0.3) is 11.5 Å². The van der Waals surface area contributed by atoms with Gasteiger partial charge in [0.2, 0.25) is 10.0 Å². The van der Waals surface area contributed by atoms with Crippen LogP contribution in [0.3, 0.4) is 0 Å². The maximum Gasteiger partial charge on any atom is 0.264 e. The second-order valence-electron chi connectivity index (χ2n) is 12.8. The molecule has 2 aromatic rings. The molecule has 244 valence electrons. The number of nitrogens with one attached hydrogen (secondary N) is 1. The molecule has 1 aromatic heterocycles. The topological polar surface area (TPSA) is 138 Å². The van der Waals surface area contributed by atoms with Crippen LogP contribution in [-0.4, -0.2) is 123 Å². The van der Waals surface area contributed by atoms with Gasteiger partial charge in [-0.3, -0.25) is 19.4 Å². The summed E-state index contributed by atoms with van der Waals surface area (Å²) in [6, 6.07) is 9.86. The third-order valence-corrected chi connectivity index (χ3v) is 13.3. The number of sulfonamides is 1. The number of para-hydroxylation sites is 1. The van der Waals surface area contributed by atoms with E-state index in [9.17, 15) is 26.4 Å². The Morgan fingerprint density at radius 1 is 1.00 bits per heavy atom. The predicted molar refractivity (Wildman–Crippen MR) is 170 cm³/mol. The summed E-state index contributed by atoms with van der Waals surface area (Å²) in [4.78, 5) is 31.5. The number of aromatic nitrogens is 1. The number of fused-ring (bicyclic) bond motifs is 3. The number of methoxy groups -OCH3 is 1. The lowest BCUT2D eigenvalue weighted by Gasteiger charge is -2.42. The molecule has 0 saturated carbocycles. The van der Waals surface area contributed by atoms with E-state index in [1.54, 1.807) is 17.7 Å². The number of pyridine rings is 1. The van der Waals surface area contributed by atoms with Crippen molar-refractivity contribution in [2.45, 2.75) is 69.8 Å². The van der Waals surface area contributed by atoms with Gasteiger partial charge in [0.1, 0.15) is 5.56 Å². The highest BCUT2D eigenvalue weighted by Gasteiger charge is 2.42. The standard InChI is InChI=1S/C30H45N5O7S2/c1-21(2)35-28-8-6-5-7-22(28)15-27(30(35)37)29(36)31-23-16-24-9-10-25(17-23)34(24)19-26(42-3)18-32-11-13-33(14-12-32)44(40,41)20-43(4,38)39/h5-8,15,21,23-26H,9-14,16-20H2,1-4H3,(H,31,36)/t23?,24-,25+,26?.